The van der Waals surface area contributed by atoms with Crippen LogP contribution < -0.4 is 0 Å². The summed E-state index contributed by atoms with van der Waals surface area (Å²) in [6.45, 7) is 0.993. The lowest BCUT2D eigenvalue weighted by molar-refractivity contribution is -0.0594. The van der Waals surface area contributed by atoms with Crippen molar-refractivity contribution in [1.82, 2.24) is 4.90 Å². The largest absolute Gasteiger partial charge is 0.464 e. The number of rotatable bonds is 3. The summed E-state index contributed by atoms with van der Waals surface area (Å²) in [5.74, 6) is 0. The molecule has 2 unspecified atom stereocenters. The third kappa shape index (κ3) is 2.59. The standard InChI is InChI=1S/C22H23NO2/c24-22(18-6-9-21-17(12-18)10-11-25-21)13-19-7-8-20(14-22)23(19)15-16-4-2-1-3-5-16/h1-6,9-12,19-20,24H,7-8,13-15H2. The Morgan fingerprint density at radius 1 is 1.00 bits per heavy atom. The van der Waals surface area contributed by atoms with Gasteiger partial charge in [-0.15, -0.1) is 0 Å². The molecule has 1 N–H and O–H groups in total. The molecular weight excluding hydrogens is 310 g/mol. The first-order valence-corrected chi connectivity index (χ1v) is 9.21. The molecule has 1 aromatic heterocycles. The zero-order chi connectivity index (χ0) is 16.9. The van der Waals surface area contributed by atoms with E-state index < -0.39 is 5.60 Å². The van der Waals surface area contributed by atoms with Crippen LogP contribution in [-0.4, -0.2) is 22.1 Å². The molecule has 0 aliphatic carbocycles. The van der Waals surface area contributed by atoms with E-state index in [4.69, 9.17) is 4.42 Å². The smallest absolute Gasteiger partial charge is 0.133 e. The van der Waals surface area contributed by atoms with Gasteiger partial charge in [0.15, 0.2) is 0 Å². The van der Waals surface area contributed by atoms with Crippen molar-refractivity contribution in [2.75, 3.05) is 0 Å². The second-order valence-electron chi connectivity index (χ2n) is 7.66. The predicted molar refractivity (Wildman–Crippen MR) is 98.1 cm³/mol. The van der Waals surface area contributed by atoms with Crippen molar-refractivity contribution in [3.05, 3.63) is 72.0 Å². The fourth-order valence-corrected chi connectivity index (χ4v) is 4.86. The number of piperidine rings is 1. The number of nitrogens with zero attached hydrogens (tertiary/aromatic N) is 1. The molecule has 3 aromatic rings. The monoisotopic (exact) mass is 333 g/mol. The van der Waals surface area contributed by atoms with Crippen LogP contribution in [0.5, 0.6) is 0 Å². The van der Waals surface area contributed by atoms with Crippen LogP contribution in [0.25, 0.3) is 11.0 Å². The highest BCUT2D eigenvalue weighted by molar-refractivity contribution is 5.78. The first-order valence-electron chi connectivity index (χ1n) is 9.21. The highest BCUT2D eigenvalue weighted by Gasteiger charge is 2.48. The lowest BCUT2D eigenvalue weighted by Gasteiger charge is -2.44. The number of aliphatic hydroxyl groups is 1. The third-order valence-corrected chi connectivity index (χ3v) is 6.12. The molecule has 0 saturated carbocycles. The predicted octanol–water partition coefficient (Wildman–Crippen LogP) is 4.45. The molecule has 2 aliphatic heterocycles. The van der Waals surface area contributed by atoms with Gasteiger partial charge in [-0.1, -0.05) is 36.4 Å². The van der Waals surface area contributed by atoms with Crippen molar-refractivity contribution in [2.24, 2.45) is 0 Å². The molecule has 0 spiro atoms. The van der Waals surface area contributed by atoms with E-state index in [1.165, 1.54) is 18.4 Å². The summed E-state index contributed by atoms with van der Waals surface area (Å²) in [6, 6.07) is 19.7. The maximum absolute atomic E-state index is 11.4. The second kappa shape index (κ2) is 5.72. The fraction of sp³-hybridized carbons (Fsp3) is 0.364. The topological polar surface area (TPSA) is 36.6 Å². The fourth-order valence-electron chi connectivity index (χ4n) is 4.86. The minimum atomic E-state index is -0.718. The minimum Gasteiger partial charge on any atom is -0.464 e. The highest BCUT2D eigenvalue weighted by atomic mass is 16.3. The Labute approximate surface area is 147 Å². The van der Waals surface area contributed by atoms with Crippen molar-refractivity contribution in [3.63, 3.8) is 0 Å². The molecule has 2 fully saturated rings. The Balaban J connectivity index is 1.41. The normalized spacial score (nSPS) is 29.3. The first-order chi connectivity index (χ1) is 12.2. The van der Waals surface area contributed by atoms with Crippen LogP contribution in [0.1, 0.15) is 36.8 Å². The van der Waals surface area contributed by atoms with E-state index in [0.29, 0.717) is 12.1 Å². The molecule has 128 valence electrons. The lowest BCUT2D eigenvalue weighted by Crippen LogP contribution is -2.49. The van der Waals surface area contributed by atoms with E-state index in [-0.39, 0.29) is 0 Å². The number of fused-ring (bicyclic) bond motifs is 3. The van der Waals surface area contributed by atoms with Gasteiger partial charge < -0.3 is 9.52 Å². The lowest BCUT2D eigenvalue weighted by atomic mass is 9.80. The van der Waals surface area contributed by atoms with Gasteiger partial charge in [0.25, 0.3) is 0 Å². The Morgan fingerprint density at radius 2 is 1.76 bits per heavy atom. The third-order valence-electron chi connectivity index (χ3n) is 6.12. The second-order valence-corrected chi connectivity index (χ2v) is 7.66. The van der Waals surface area contributed by atoms with E-state index in [9.17, 15) is 5.11 Å². The zero-order valence-electron chi connectivity index (χ0n) is 14.3. The molecule has 0 radical (unpaired) electrons. The van der Waals surface area contributed by atoms with Gasteiger partial charge in [0.05, 0.1) is 11.9 Å². The summed E-state index contributed by atoms with van der Waals surface area (Å²) in [5.41, 5.74) is 2.57. The number of hydrogen-bond donors (Lipinski definition) is 1. The molecule has 2 atom stereocenters. The molecule has 3 heterocycles. The van der Waals surface area contributed by atoms with Crippen molar-refractivity contribution in [1.29, 1.82) is 0 Å². The van der Waals surface area contributed by atoms with Crippen molar-refractivity contribution in [3.8, 4) is 0 Å². The summed E-state index contributed by atoms with van der Waals surface area (Å²) in [7, 11) is 0. The Hall–Kier alpha value is -2.10. The van der Waals surface area contributed by atoms with Gasteiger partial charge in [0.1, 0.15) is 5.58 Å². The maximum Gasteiger partial charge on any atom is 0.133 e. The number of benzene rings is 2. The molecule has 2 aliphatic rings. The average Bonchev–Trinajstić information content (AvgIpc) is 3.19. The van der Waals surface area contributed by atoms with Gasteiger partial charge in [-0.25, -0.2) is 0 Å². The molecule has 2 aromatic carbocycles. The van der Waals surface area contributed by atoms with Gasteiger partial charge in [0, 0.05) is 24.0 Å². The molecule has 2 bridgehead atoms. The quantitative estimate of drug-likeness (QED) is 0.769. The average molecular weight is 333 g/mol. The van der Waals surface area contributed by atoms with E-state index in [0.717, 1.165) is 35.9 Å². The molecule has 0 amide bonds. The molecule has 25 heavy (non-hydrogen) atoms. The minimum absolute atomic E-state index is 0.462. The Morgan fingerprint density at radius 3 is 2.52 bits per heavy atom. The van der Waals surface area contributed by atoms with Crippen molar-refractivity contribution < 1.29 is 9.52 Å². The van der Waals surface area contributed by atoms with Crippen LogP contribution in [0.4, 0.5) is 0 Å². The van der Waals surface area contributed by atoms with Crippen LogP contribution in [0.3, 0.4) is 0 Å². The maximum atomic E-state index is 11.4. The number of hydrogen-bond acceptors (Lipinski definition) is 3. The van der Waals surface area contributed by atoms with Crippen LogP contribution >= 0.6 is 0 Å². The summed E-state index contributed by atoms with van der Waals surface area (Å²) in [4.78, 5) is 2.61. The van der Waals surface area contributed by atoms with Crippen LogP contribution in [0.2, 0.25) is 0 Å². The number of furan rings is 1. The van der Waals surface area contributed by atoms with Gasteiger partial charge in [0.2, 0.25) is 0 Å². The first kappa shape index (κ1) is 15.2. The van der Waals surface area contributed by atoms with Crippen LogP contribution in [-0.2, 0) is 12.1 Å². The zero-order valence-corrected chi connectivity index (χ0v) is 14.3. The Bertz CT molecular complexity index is 871. The SMILES string of the molecule is OC1(c2ccc3occc3c2)CC2CCC(C1)N2Cc1ccccc1. The van der Waals surface area contributed by atoms with E-state index in [2.05, 4.69) is 41.3 Å². The van der Waals surface area contributed by atoms with Crippen molar-refractivity contribution >= 4 is 11.0 Å². The van der Waals surface area contributed by atoms with Crippen LogP contribution in [0.15, 0.2) is 65.3 Å². The summed E-state index contributed by atoms with van der Waals surface area (Å²) < 4.78 is 5.44. The highest BCUT2D eigenvalue weighted by Crippen LogP contribution is 2.46. The van der Waals surface area contributed by atoms with E-state index in [1.54, 1.807) is 6.26 Å². The van der Waals surface area contributed by atoms with Crippen molar-refractivity contribution in [2.45, 2.75) is 49.9 Å². The van der Waals surface area contributed by atoms with Crippen LogP contribution in [0, 0.1) is 0 Å². The molecular formula is C22H23NO2. The molecule has 2 saturated heterocycles. The van der Waals surface area contributed by atoms with Gasteiger partial charge in [-0.2, -0.15) is 0 Å². The Kier molecular flexibility index (Phi) is 3.47. The summed E-state index contributed by atoms with van der Waals surface area (Å²) in [6.07, 6.45) is 5.73. The summed E-state index contributed by atoms with van der Waals surface area (Å²) >= 11 is 0. The van der Waals surface area contributed by atoms with Gasteiger partial charge in [-0.05, 0) is 55.0 Å². The molecule has 3 heteroatoms. The van der Waals surface area contributed by atoms with Gasteiger partial charge in [-0.3, -0.25) is 4.90 Å². The van der Waals surface area contributed by atoms with Gasteiger partial charge >= 0.3 is 0 Å². The molecule has 5 rings (SSSR count). The van der Waals surface area contributed by atoms with E-state index in [1.807, 2.05) is 18.2 Å². The molecule has 3 nitrogen and oxygen atoms in total. The summed E-state index contributed by atoms with van der Waals surface area (Å²) in [5, 5.41) is 12.5. The van der Waals surface area contributed by atoms with E-state index >= 15 is 0 Å².